The third kappa shape index (κ3) is 2.43. The number of ether oxygens (including phenoxy) is 2. The van der Waals surface area contributed by atoms with Crippen molar-refractivity contribution in [2.24, 2.45) is 0 Å². The second kappa shape index (κ2) is 5.23. The maximum atomic E-state index is 13.7. The van der Waals surface area contributed by atoms with E-state index in [9.17, 15) is 9.50 Å². The van der Waals surface area contributed by atoms with Gasteiger partial charge in [0.15, 0.2) is 0 Å². The molecule has 1 saturated heterocycles. The van der Waals surface area contributed by atoms with Crippen LogP contribution in [0.5, 0.6) is 0 Å². The van der Waals surface area contributed by atoms with E-state index in [0.29, 0.717) is 17.7 Å². The Labute approximate surface area is 101 Å². The summed E-state index contributed by atoms with van der Waals surface area (Å²) < 4.78 is 24.5. The molecule has 3 nitrogen and oxygen atoms in total. The maximum absolute atomic E-state index is 13.7. The van der Waals surface area contributed by atoms with E-state index in [1.807, 2.05) is 0 Å². The lowest BCUT2D eigenvalue weighted by Gasteiger charge is -2.27. The molecule has 0 saturated carbocycles. The first-order valence-corrected chi connectivity index (χ1v) is 5.81. The van der Waals surface area contributed by atoms with Gasteiger partial charge in [0.25, 0.3) is 0 Å². The predicted molar refractivity (Wildman–Crippen MR) is 59.6 cm³/mol. The Balaban J connectivity index is 2.19. The van der Waals surface area contributed by atoms with Gasteiger partial charge in [0.2, 0.25) is 0 Å². The van der Waals surface area contributed by atoms with E-state index in [2.05, 4.69) is 15.9 Å². The molecular formula is C11H12BrFO3. The van der Waals surface area contributed by atoms with Gasteiger partial charge in [-0.3, -0.25) is 0 Å². The van der Waals surface area contributed by atoms with E-state index < -0.39 is 18.0 Å². The average molecular weight is 291 g/mol. The SMILES string of the molecule is OC(c1cccc(Br)c1F)C1COCCO1. The quantitative estimate of drug-likeness (QED) is 0.906. The minimum atomic E-state index is -1.00. The zero-order valence-corrected chi connectivity index (χ0v) is 10.1. The van der Waals surface area contributed by atoms with Crippen LogP contribution in [0.2, 0.25) is 0 Å². The minimum Gasteiger partial charge on any atom is -0.385 e. The summed E-state index contributed by atoms with van der Waals surface area (Å²) in [6, 6.07) is 4.81. The van der Waals surface area contributed by atoms with E-state index >= 15 is 0 Å². The molecule has 16 heavy (non-hydrogen) atoms. The van der Waals surface area contributed by atoms with Gasteiger partial charge < -0.3 is 14.6 Å². The highest BCUT2D eigenvalue weighted by Crippen LogP contribution is 2.27. The molecule has 0 bridgehead atoms. The molecule has 0 radical (unpaired) electrons. The van der Waals surface area contributed by atoms with Gasteiger partial charge >= 0.3 is 0 Å². The Kier molecular flexibility index (Phi) is 3.91. The predicted octanol–water partition coefficient (Wildman–Crippen LogP) is 2.04. The highest BCUT2D eigenvalue weighted by atomic mass is 79.9. The topological polar surface area (TPSA) is 38.7 Å². The van der Waals surface area contributed by atoms with Crippen molar-refractivity contribution < 1.29 is 19.0 Å². The Bertz CT molecular complexity index is 366. The molecule has 1 fully saturated rings. The standard InChI is InChI=1S/C11H12BrFO3/c12-8-3-1-2-7(10(8)13)11(14)9-6-15-4-5-16-9/h1-3,9,11,14H,4-6H2. The van der Waals surface area contributed by atoms with Crippen molar-refractivity contribution in [1.29, 1.82) is 0 Å². The molecule has 88 valence electrons. The molecule has 1 heterocycles. The molecule has 2 atom stereocenters. The van der Waals surface area contributed by atoms with Crippen molar-refractivity contribution in [3.63, 3.8) is 0 Å². The fourth-order valence-electron chi connectivity index (χ4n) is 1.64. The van der Waals surface area contributed by atoms with E-state index in [0.717, 1.165) is 0 Å². The van der Waals surface area contributed by atoms with Crippen molar-refractivity contribution in [2.75, 3.05) is 19.8 Å². The number of halogens is 2. The van der Waals surface area contributed by atoms with E-state index in [1.54, 1.807) is 18.2 Å². The van der Waals surface area contributed by atoms with Crippen LogP contribution in [0.15, 0.2) is 22.7 Å². The molecular weight excluding hydrogens is 279 g/mol. The highest BCUT2D eigenvalue weighted by molar-refractivity contribution is 9.10. The fourth-order valence-corrected chi connectivity index (χ4v) is 2.02. The van der Waals surface area contributed by atoms with Crippen LogP contribution in [0.25, 0.3) is 0 Å². The number of aliphatic hydroxyl groups is 1. The Morgan fingerprint density at radius 3 is 2.94 bits per heavy atom. The van der Waals surface area contributed by atoms with Gasteiger partial charge in [0.05, 0.1) is 24.3 Å². The van der Waals surface area contributed by atoms with Crippen molar-refractivity contribution >= 4 is 15.9 Å². The zero-order chi connectivity index (χ0) is 11.5. The molecule has 0 aromatic heterocycles. The number of benzene rings is 1. The first-order chi connectivity index (χ1) is 7.70. The fraction of sp³-hybridized carbons (Fsp3) is 0.455. The van der Waals surface area contributed by atoms with Crippen LogP contribution in [-0.2, 0) is 9.47 Å². The van der Waals surface area contributed by atoms with Crippen LogP contribution >= 0.6 is 15.9 Å². The van der Waals surface area contributed by atoms with Crippen LogP contribution in [-0.4, -0.2) is 31.0 Å². The molecule has 1 N–H and O–H groups in total. The van der Waals surface area contributed by atoms with Crippen molar-refractivity contribution in [3.05, 3.63) is 34.1 Å². The summed E-state index contributed by atoms with van der Waals surface area (Å²) in [6.45, 7) is 1.23. The molecule has 1 aromatic rings. The molecule has 1 aromatic carbocycles. The Morgan fingerprint density at radius 1 is 1.44 bits per heavy atom. The summed E-state index contributed by atoms with van der Waals surface area (Å²) in [4.78, 5) is 0. The van der Waals surface area contributed by atoms with Gasteiger partial charge in [-0.05, 0) is 22.0 Å². The largest absolute Gasteiger partial charge is 0.385 e. The van der Waals surface area contributed by atoms with Gasteiger partial charge in [-0.25, -0.2) is 4.39 Å². The number of hydrogen-bond acceptors (Lipinski definition) is 3. The average Bonchev–Trinajstić information content (AvgIpc) is 2.33. The second-order valence-corrected chi connectivity index (χ2v) is 4.43. The van der Waals surface area contributed by atoms with Gasteiger partial charge in [-0.1, -0.05) is 12.1 Å². The third-order valence-electron chi connectivity index (χ3n) is 2.49. The van der Waals surface area contributed by atoms with Crippen molar-refractivity contribution in [2.45, 2.75) is 12.2 Å². The molecule has 0 amide bonds. The van der Waals surface area contributed by atoms with Gasteiger partial charge in [0.1, 0.15) is 18.0 Å². The normalized spacial score (nSPS) is 23.1. The smallest absolute Gasteiger partial charge is 0.143 e. The number of aliphatic hydroxyl groups excluding tert-OH is 1. The summed E-state index contributed by atoms with van der Waals surface area (Å²) in [5, 5.41) is 9.98. The van der Waals surface area contributed by atoms with E-state index in [4.69, 9.17) is 9.47 Å². The summed E-state index contributed by atoms with van der Waals surface area (Å²) in [7, 11) is 0. The van der Waals surface area contributed by atoms with Crippen molar-refractivity contribution in [3.8, 4) is 0 Å². The molecule has 5 heteroatoms. The second-order valence-electron chi connectivity index (χ2n) is 3.57. The van der Waals surface area contributed by atoms with Crippen LogP contribution < -0.4 is 0 Å². The van der Waals surface area contributed by atoms with Crippen LogP contribution in [0.4, 0.5) is 4.39 Å². The molecule has 0 spiro atoms. The van der Waals surface area contributed by atoms with Crippen LogP contribution in [0, 0.1) is 5.82 Å². The molecule has 1 aliphatic heterocycles. The zero-order valence-electron chi connectivity index (χ0n) is 8.53. The van der Waals surface area contributed by atoms with E-state index in [1.165, 1.54) is 0 Å². The molecule has 1 aliphatic rings. The molecule has 0 aliphatic carbocycles. The lowest BCUT2D eigenvalue weighted by molar-refractivity contribution is -0.134. The van der Waals surface area contributed by atoms with Gasteiger partial charge in [-0.2, -0.15) is 0 Å². The maximum Gasteiger partial charge on any atom is 0.143 e. The summed E-state index contributed by atoms with van der Waals surface area (Å²) in [5.41, 5.74) is 0.227. The lowest BCUT2D eigenvalue weighted by atomic mass is 10.0. The third-order valence-corrected chi connectivity index (χ3v) is 3.11. The van der Waals surface area contributed by atoms with Gasteiger partial charge in [0, 0.05) is 5.56 Å². The lowest BCUT2D eigenvalue weighted by Crippen LogP contribution is -2.34. The highest BCUT2D eigenvalue weighted by Gasteiger charge is 2.27. The first-order valence-electron chi connectivity index (χ1n) is 5.01. The summed E-state index contributed by atoms with van der Waals surface area (Å²) >= 11 is 3.08. The minimum absolute atomic E-state index is 0.227. The number of rotatable bonds is 2. The van der Waals surface area contributed by atoms with Gasteiger partial charge in [-0.15, -0.1) is 0 Å². The summed E-state index contributed by atoms with van der Waals surface area (Å²) in [6.07, 6.45) is -1.50. The monoisotopic (exact) mass is 290 g/mol. The number of hydrogen-bond donors (Lipinski definition) is 1. The first kappa shape index (κ1) is 12.0. The van der Waals surface area contributed by atoms with Crippen molar-refractivity contribution in [1.82, 2.24) is 0 Å². The Morgan fingerprint density at radius 2 is 2.25 bits per heavy atom. The molecule has 2 rings (SSSR count). The summed E-state index contributed by atoms with van der Waals surface area (Å²) in [5.74, 6) is -0.454. The Hall–Kier alpha value is -0.490. The van der Waals surface area contributed by atoms with E-state index in [-0.39, 0.29) is 12.2 Å². The van der Waals surface area contributed by atoms with Crippen LogP contribution in [0.3, 0.4) is 0 Å². The molecule has 2 unspecified atom stereocenters. The van der Waals surface area contributed by atoms with Crippen LogP contribution in [0.1, 0.15) is 11.7 Å².